The van der Waals surface area contributed by atoms with Gasteiger partial charge in [0.2, 0.25) is 5.91 Å². The number of rotatable bonds is 2. The summed E-state index contributed by atoms with van der Waals surface area (Å²) in [6.07, 6.45) is -7.11. The molecule has 1 aliphatic rings. The molecule has 0 saturated carbocycles. The number of carbonyl (C=O) groups is 1. The van der Waals surface area contributed by atoms with Gasteiger partial charge in [-0.2, -0.15) is 0 Å². The number of aliphatic hydroxyl groups excluding tert-OH is 4. The van der Waals surface area contributed by atoms with Crippen LogP contribution >= 0.6 is 0 Å². The fourth-order valence-electron chi connectivity index (χ4n) is 1.34. The fourth-order valence-corrected chi connectivity index (χ4v) is 1.34. The van der Waals surface area contributed by atoms with Crippen molar-refractivity contribution in [2.45, 2.75) is 30.5 Å². The van der Waals surface area contributed by atoms with Crippen molar-refractivity contribution in [3.05, 3.63) is 0 Å². The molecule has 6 N–H and O–H groups in total. The number of amides is 1. The molecule has 5 atom stereocenters. The van der Waals surface area contributed by atoms with Crippen molar-refractivity contribution in [1.29, 1.82) is 0 Å². The normalized spacial score (nSPS) is 43.6. The third-order valence-electron chi connectivity index (χ3n) is 2.17. The highest BCUT2D eigenvalue weighted by atomic mass is 16.5. The van der Waals surface area contributed by atoms with Gasteiger partial charge in [0.15, 0.2) is 6.10 Å². The zero-order chi connectivity index (χ0) is 10.9. The summed E-state index contributed by atoms with van der Waals surface area (Å²) in [4.78, 5) is 10.7. The molecule has 0 spiro atoms. The van der Waals surface area contributed by atoms with Crippen molar-refractivity contribution in [2.75, 3.05) is 6.61 Å². The predicted octanol–water partition coefficient (Wildman–Crippen LogP) is -3.69. The molecule has 1 heterocycles. The molecule has 0 aromatic heterocycles. The third-order valence-corrected chi connectivity index (χ3v) is 2.17. The Kier molecular flexibility index (Phi) is 3.40. The van der Waals surface area contributed by atoms with Crippen LogP contribution in [0.15, 0.2) is 0 Å². The molecule has 1 fully saturated rings. The summed E-state index contributed by atoms with van der Waals surface area (Å²) in [5, 5.41) is 36.5. The average Bonchev–Trinajstić information content (AvgIpc) is 2.14. The molecule has 7 heteroatoms. The standard InChI is InChI=1S/C7H13NO6/c8-7(13)6-5(12)4(11)3(10)2(1-9)14-6/h2-6,9-12H,1H2,(H2,8,13)/t2-,3-,4+,5-,6-/m1/s1. The topological polar surface area (TPSA) is 133 Å². The van der Waals surface area contributed by atoms with Crippen LogP contribution in [0, 0.1) is 0 Å². The van der Waals surface area contributed by atoms with Gasteiger partial charge in [0, 0.05) is 0 Å². The van der Waals surface area contributed by atoms with E-state index in [9.17, 15) is 20.1 Å². The highest BCUT2D eigenvalue weighted by Crippen LogP contribution is 2.20. The molecular formula is C7H13NO6. The smallest absolute Gasteiger partial charge is 0.249 e. The van der Waals surface area contributed by atoms with Gasteiger partial charge < -0.3 is 30.9 Å². The minimum absolute atomic E-state index is 0.575. The van der Waals surface area contributed by atoms with E-state index in [2.05, 4.69) is 0 Å². The number of hydrogen-bond acceptors (Lipinski definition) is 6. The second kappa shape index (κ2) is 4.20. The Bertz CT molecular complexity index is 220. The molecule has 1 saturated heterocycles. The summed E-state index contributed by atoms with van der Waals surface area (Å²) in [6.45, 7) is -0.575. The van der Waals surface area contributed by atoms with Crippen molar-refractivity contribution in [3.8, 4) is 0 Å². The molecule has 0 radical (unpaired) electrons. The first-order valence-corrected chi connectivity index (χ1v) is 4.09. The molecule has 1 rings (SSSR count). The number of nitrogens with two attached hydrogens (primary N) is 1. The Morgan fingerprint density at radius 3 is 2.21 bits per heavy atom. The van der Waals surface area contributed by atoms with E-state index in [-0.39, 0.29) is 0 Å². The van der Waals surface area contributed by atoms with Crippen LogP contribution in [0.4, 0.5) is 0 Å². The molecule has 7 nitrogen and oxygen atoms in total. The molecular weight excluding hydrogens is 194 g/mol. The van der Waals surface area contributed by atoms with E-state index in [0.29, 0.717) is 0 Å². The summed E-state index contributed by atoms with van der Waals surface area (Å²) >= 11 is 0. The molecule has 0 bridgehead atoms. The van der Waals surface area contributed by atoms with E-state index < -0.39 is 43.0 Å². The Morgan fingerprint density at radius 2 is 1.79 bits per heavy atom. The molecule has 0 aromatic rings. The van der Waals surface area contributed by atoms with Gasteiger partial charge in [-0.15, -0.1) is 0 Å². The summed E-state index contributed by atoms with van der Waals surface area (Å²) < 4.78 is 4.81. The minimum atomic E-state index is -1.58. The van der Waals surface area contributed by atoms with Gasteiger partial charge in [-0.3, -0.25) is 4.79 Å². The first-order valence-electron chi connectivity index (χ1n) is 4.09. The van der Waals surface area contributed by atoms with Crippen LogP contribution in [0.25, 0.3) is 0 Å². The van der Waals surface area contributed by atoms with Crippen molar-refractivity contribution < 1.29 is 30.0 Å². The van der Waals surface area contributed by atoms with Crippen molar-refractivity contribution in [1.82, 2.24) is 0 Å². The Balaban J connectivity index is 2.78. The summed E-state index contributed by atoms with van der Waals surface area (Å²) in [6, 6.07) is 0. The van der Waals surface area contributed by atoms with Crippen LogP contribution in [-0.4, -0.2) is 63.5 Å². The maximum absolute atomic E-state index is 10.7. The Labute approximate surface area is 79.7 Å². The van der Waals surface area contributed by atoms with Gasteiger partial charge in [-0.05, 0) is 0 Å². The maximum atomic E-state index is 10.7. The van der Waals surface area contributed by atoms with Crippen LogP contribution in [-0.2, 0) is 9.53 Å². The van der Waals surface area contributed by atoms with Gasteiger partial charge in [-0.25, -0.2) is 0 Å². The zero-order valence-electron chi connectivity index (χ0n) is 7.28. The van der Waals surface area contributed by atoms with Crippen LogP contribution < -0.4 is 5.73 Å². The summed E-state index contributed by atoms with van der Waals surface area (Å²) in [5.41, 5.74) is 4.88. The van der Waals surface area contributed by atoms with E-state index >= 15 is 0 Å². The first kappa shape index (κ1) is 11.3. The Hall–Kier alpha value is -0.730. The van der Waals surface area contributed by atoms with Gasteiger partial charge in [0.05, 0.1) is 6.61 Å². The minimum Gasteiger partial charge on any atom is -0.394 e. The number of primary amides is 1. The van der Waals surface area contributed by atoms with E-state index in [0.717, 1.165) is 0 Å². The highest BCUT2D eigenvalue weighted by molar-refractivity contribution is 5.79. The predicted molar refractivity (Wildman–Crippen MR) is 43.0 cm³/mol. The van der Waals surface area contributed by atoms with Crippen molar-refractivity contribution in [2.24, 2.45) is 5.73 Å². The SMILES string of the molecule is NC(=O)[C@@H]1O[C@H](CO)[C@@H](O)[C@H](O)[C@H]1O. The average molecular weight is 207 g/mol. The monoisotopic (exact) mass is 207 g/mol. The molecule has 0 aliphatic carbocycles. The lowest BCUT2D eigenvalue weighted by molar-refractivity contribution is -0.225. The molecule has 0 aromatic carbocycles. The summed E-state index contributed by atoms with van der Waals surface area (Å²) in [5.74, 6) is -0.957. The molecule has 1 aliphatic heterocycles. The van der Waals surface area contributed by atoms with Gasteiger partial charge in [-0.1, -0.05) is 0 Å². The first-order chi connectivity index (χ1) is 6.49. The Morgan fingerprint density at radius 1 is 1.21 bits per heavy atom. The van der Waals surface area contributed by atoms with Crippen LogP contribution in [0.2, 0.25) is 0 Å². The van der Waals surface area contributed by atoms with E-state index in [1.54, 1.807) is 0 Å². The molecule has 1 amide bonds. The largest absolute Gasteiger partial charge is 0.394 e. The van der Waals surface area contributed by atoms with E-state index in [4.69, 9.17) is 15.6 Å². The lowest BCUT2D eigenvalue weighted by Gasteiger charge is -2.38. The van der Waals surface area contributed by atoms with Crippen LogP contribution in [0.3, 0.4) is 0 Å². The third kappa shape index (κ3) is 1.86. The number of ether oxygens (including phenoxy) is 1. The second-order valence-electron chi connectivity index (χ2n) is 3.15. The number of hydrogen-bond donors (Lipinski definition) is 5. The lowest BCUT2D eigenvalue weighted by atomic mass is 9.95. The van der Waals surface area contributed by atoms with Crippen molar-refractivity contribution >= 4 is 5.91 Å². The maximum Gasteiger partial charge on any atom is 0.249 e. The number of carbonyl (C=O) groups excluding carboxylic acids is 1. The van der Waals surface area contributed by atoms with E-state index in [1.807, 2.05) is 0 Å². The summed E-state index contributed by atoms with van der Waals surface area (Å²) in [7, 11) is 0. The zero-order valence-corrected chi connectivity index (χ0v) is 7.28. The molecule has 82 valence electrons. The van der Waals surface area contributed by atoms with Gasteiger partial charge >= 0.3 is 0 Å². The quantitative estimate of drug-likeness (QED) is 0.316. The lowest BCUT2D eigenvalue weighted by Crippen LogP contribution is -2.61. The molecule has 14 heavy (non-hydrogen) atoms. The fraction of sp³-hybridized carbons (Fsp3) is 0.857. The highest BCUT2D eigenvalue weighted by Gasteiger charge is 2.45. The van der Waals surface area contributed by atoms with E-state index in [1.165, 1.54) is 0 Å². The van der Waals surface area contributed by atoms with Crippen molar-refractivity contribution in [3.63, 3.8) is 0 Å². The van der Waals surface area contributed by atoms with Crippen LogP contribution in [0.5, 0.6) is 0 Å². The second-order valence-corrected chi connectivity index (χ2v) is 3.15. The van der Waals surface area contributed by atoms with Crippen LogP contribution in [0.1, 0.15) is 0 Å². The van der Waals surface area contributed by atoms with Gasteiger partial charge in [0.1, 0.15) is 24.4 Å². The number of aliphatic hydroxyl groups is 4. The molecule has 0 unspecified atom stereocenters. The van der Waals surface area contributed by atoms with Gasteiger partial charge in [0.25, 0.3) is 0 Å².